The Labute approximate surface area is 130 Å². The van der Waals surface area contributed by atoms with Crippen LogP contribution in [-0.4, -0.2) is 17.6 Å². The number of fused-ring (bicyclic) bond motifs is 1. The van der Waals surface area contributed by atoms with Gasteiger partial charge in [0, 0.05) is 4.47 Å². The number of hydrogen-bond acceptors (Lipinski definition) is 3. The van der Waals surface area contributed by atoms with E-state index in [2.05, 4.69) is 21.2 Å². The highest BCUT2D eigenvalue weighted by atomic mass is 79.9. The lowest BCUT2D eigenvalue weighted by atomic mass is 9.99. The number of hydrogen-bond donors (Lipinski definition) is 2. The minimum absolute atomic E-state index is 0.0276. The summed E-state index contributed by atoms with van der Waals surface area (Å²) in [5.74, 6) is 0.433. The first kappa shape index (κ1) is 14.1. The van der Waals surface area contributed by atoms with Crippen molar-refractivity contribution in [2.45, 2.75) is 13.0 Å². The molecular formula is C16H14BrNO3. The van der Waals surface area contributed by atoms with Crippen molar-refractivity contribution in [3.63, 3.8) is 0 Å². The Bertz CT molecular complexity index is 715. The van der Waals surface area contributed by atoms with Crippen molar-refractivity contribution in [3.05, 3.63) is 57.6 Å². The molecule has 108 valence electrons. The molecule has 2 aromatic rings. The number of anilines is 1. The van der Waals surface area contributed by atoms with Crippen LogP contribution in [0.15, 0.2) is 40.9 Å². The molecule has 1 aliphatic rings. The Morgan fingerprint density at radius 1 is 1.24 bits per heavy atom. The highest BCUT2D eigenvalue weighted by Gasteiger charge is 2.19. The summed E-state index contributed by atoms with van der Waals surface area (Å²) < 4.78 is 6.26. The van der Waals surface area contributed by atoms with E-state index in [0.29, 0.717) is 17.0 Å². The van der Waals surface area contributed by atoms with Crippen LogP contribution >= 0.6 is 15.9 Å². The number of nitrogens with one attached hydrogen (secondary N) is 1. The molecule has 0 radical (unpaired) electrons. The molecule has 3 rings (SSSR count). The fourth-order valence-electron chi connectivity index (χ4n) is 2.24. The molecule has 0 aromatic heterocycles. The first-order valence-corrected chi connectivity index (χ1v) is 7.34. The molecule has 1 amide bonds. The number of aliphatic hydroxyl groups excluding tert-OH is 1. The van der Waals surface area contributed by atoms with Gasteiger partial charge in [0.2, 0.25) is 0 Å². The number of aryl methyl sites for hydroxylation is 1. The molecule has 0 fully saturated rings. The molecule has 1 atom stereocenters. The first-order valence-electron chi connectivity index (χ1n) is 6.55. The van der Waals surface area contributed by atoms with Gasteiger partial charge in [0.05, 0.1) is 5.69 Å². The zero-order chi connectivity index (χ0) is 15.0. The molecule has 21 heavy (non-hydrogen) atoms. The van der Waals surface area contributed by atoms with Gasteiger partial charge in [-0.15, -0.1) is 0 Å². The van der Waals surface area contributed by atoms with E-state index in [4.69, 9.17) is 4.74 Å². The van der Waals surface area contributed by atoms with Crippen molar-refractivity contribution in [1.82, 2.24) is 0 Å². The summed E-state index contributed by atoms with van der Waals surface area (Å²) in [6.07, 6.45) is -0.758. The molecule has 1 unspecified atom stereocenters. The van der Waals surface area contributed by atoms with E-state index in [-0.39, 0.29) is 12.5 Å². The molecule has 5 heteroatoms. The van der Waals surface area contributed by atoms with Crippen LogP contribution in [-0.2, 0) is 4.79 Å². The molecule has 0 aliphatic carbocycles. The lowest BCUT2D eigenvalue weighted by Crippen LogP contribution is -2.25. The highest BCUT2D eigenvalue weighted by Crippen LogP contribution is 2.33. The Morgan fingerprint density at radius 2 is 1.95 bits per heavy atom. The summed E-state index contributed by atoms with van der Waals surface area (Å²) in [6.45, 7) is 2.02. The quantitative estimate of drug-likeness (QED) is 0.877. The number of amides is 1. The Morgan fingerprint density at radius 3 is 2.71 bits per heavy atom. The third-order valence-electron chi connectivity index (χ3n) is 3.46. The van der Waals surface area contributed by atoms with Crippen LogP contribution in [0, 0.1) is 6.92 Å². The highest BCUT2D eigenvalue weighted by molar-refractivity contribution is 9.10. The average Bonchev–Trinajstić information content (AvgIpc) is 2.48. The maximum atomic E-state index is 11.4. The minimum atomic E-state index is -0.758. The molecule has 1 heterocycles. The van der Waals surface area contributed by atoms with Crippen molar-refractivity contribution < 1.29 is 14.6 Å². The number of rotatable bonds is 2. The molecule has 0 spiro atoms. The largest absolute Gasteiger partial charge is 0.482 e. The van der Waals surface area contributed by atoms with Crippen molar-refractivity contribution in [3.8, 4) is 5.75 Å². The second-order valence-electron chi connectivity index (χ2n) is 5.00. The third kappa shape index (κ3) is 2.80. The number of halogens is 1. The molecule has 0 bridgehead atoms. The summed E-state index contributed by atoms with van der Waals surface area (Å²) in [5, 5.41) is 13.2. The number of benzene rings is 2. The molecule has 0 saturated carbocycles. The van der Waals surface area contributed by atoms with Crippen LogP contribution in [0.2, 0.25) is 0 Å². The van der Waals surface area contributed by atoms with Gasteiger partial charge in [0.1, 0.15) is 11.9 Å². The first-order chi connectivity index (χ1) is 10.0. The number of carbonyl (C=O) groups excluding carboxylic acids is 1. The van der Waals surface area contributed by atoms with Crippen molar-refractivity contribution in [2.75, 3.05) is 11.9 Å². The van der Waals surface area contributed by atoms with Gasteiger partial charge in [-0.25, -0.2) is 0 Å². The van der Waals surface area contributed by atoms with Crippen LogP contribution in [0.4, 0.5) is 5.69 Å². The van der Waals surface area contributed by atoms with Crippen LogP contribution in [0.5, 0.6) is 5.75 Å². The van der Waals surface area contributed by atoms with E-state index in [9.17, 15) is 9.90 Å². The maximum Gasteiger partial charge on any atom is 0.262 e. The van der Waals surface area contributed by atoms with E-state index in [0.717, 1.165) is 15.6 Å². The smallest absolute Gasteiger partial charge is 0.262 e. The lowest BCUT2D eigenvalue weighted by Gasteiger charge is -2.20. The van der Waals surface area contributed by atoms with Gasteiger partial charge in [-0.3, -0.25) is 4.79 Å². The molecule has 2 aromatic carbocycles. The van der Waals surface area contributed by atoms with Gasteiger partial charge < -0.3 is 15.2 Å². The normalized spacial score (nSPS) is 14.9. The van der Waals surface area contributed by atoms with E-state index >= 15 is 0 Å². The number of ether oxygens (including phenoxy) is 1. The monoisotopic (exact) mass is 347 g/mol. The van der Waals surface area contributed by atoms with Crippen molar-refractivity contribution >= 4 is 27.5 Å². The molecule has 4 nitrogen and oxygen atoms in total. The molecule has 2 N–H and O–H groups in total. The minimum Gasteiger partial charge on any atom is -0.482 e. The Hall–Kier alpha value is -1.85. The van der Waals surface area contributed by atoms with Gasteiger partial charge in [-0.05, 0) is 41.8 Å². The van der Waals surface area contributed by atoms with Gasteiger partial charge in [-0.2, -0.15) is 0 Å². The van der Waals surface area contributed by atoms with E-state index in [1.165, 1.54) is 0 Å². The topological polar surface area (TPSA) is 58.6 Å². The Kier molecular flexibility index (Phi) is 3.69. The summed E-state index contributed by atoms with van der Waals surface area (Å²) in [5.41, 5.74) is 3.19. The zero-order valence-electron chi connectivity index (χ0n) is 11.4. The fraction of sp³-hybridized carbons (Fsp3) is 0.188. The zero-order valence-corrected chi connectivity index (χ0v) is 13.0. The summed E-state index contributed by atoms with van der Waals surface area (Å²) in [7, 11) is 0. The second kappa shape index (κ2) is 5.50. The van der Waals surface area contributed by atoms with Gasteiger partial charge in [-0.1, -0.05) is 34.1 Å². The predicted octanol–water partition coefficient (Wildman–Crippen LogP) is 3.17. The van der Waals surface area contributed by atoms with Gasteiger partial charge >= 0.3 is 0 Å². The second-order valence-corrected chi connectivity index (χ2v) is 5.86. The third-order valence-corrected chi connectivity index (χ3v) is 4.32. The maximum absolute atomic E-state index is 11.4. The fourth-order valence-corrected chi connectivity index (χ4v) is 2.64. The summed E-state index contributed by atoms with van der Waals surface area (Å²) in [4.78, 5) is 11.4. The van der Waals surface area contributed by atoms with Gasteiger partial charge in [0.25, 0.3) is 5.91 Å². The van der Waals surface area contributed by atoms with Crippen LogP contribution < -0.4 is 10.1 Å². The molecule has 0 saturated heterocycles. The van der Waals surface area contributed by atoms with Crippen molar-refractivity contribution in [2.24, 2.45) is 0 Å². The summed E-state index contributed by atoms with van der Waals surface area (Å²) in [6, 6.07) is 11.0. The van der Waals surface area contributed by atoms with Crippen LogP contribution in [0.3, 0.4) is 0 Å². The lowest BCUT2D eigenvalue weighted by molar-refractivity contribution is -0.118. The standard InChI is InChI=1S/C16H14BrNO3/c1-9-2-3-10(6-12(9)17)16(20)11-4-5-14-13(7-11)18-15(19)8-21-14/h2-7,16,20H,8H2,1H3,(H,18,19). The van der Waals surface area contributed by atoms with Crippen LogP contribution in [0.25, 0.3) is 0 Å². The average molecular weight is 348 g/mol. The van der Waals surface area contributed by atoms with Crippen LogP contribution in [0.1, 0.15) is 22.8 Å². The summed E-state index contributed by atoms with van der Waals surface area (Å²) >= 11 is 3.47. The Balaban J connectivity index is 1.94. The van der Waals surface area contributed by atoms with Gasteiger partial charge in [0.15, 0.2) is 6.61 Å². The SMILES string of the molecule is Cc1ccc(C(O)c2ccc3c(c2)NC(=O)CO3)cc1Br. The van der Waals surface area contributed by atoms with E-state index in [1.807, 2.05) is 25.1 Å². The number of aliphatic hydroxyl groups is 1. The van der Waals surface area contributed by atoms with Crippen molar-refractivity contribution in [1.29, 1.82) is 0 Å². The predicted molar refractivity (Wildman–Crippen MR) is 83.5 cm³/mol. The van der Waals surface area contributed by atoms with E-state index in [1.54, 1.807) is 18.2 Å². The molecular weight excluding hydrogens is 334 g/mol. The molecule has 1 aliphatic heterocycles. The number of carbonyl (C=O) groups is 1. The van der Waals surface area contributed by atoms with E-state index < -0.39 is 6.10 Å².